The molecule has 1 amide bonds. The number of pyridine rings is 1. The normalized spacial score (nSPS) is 13.0. The highest BCUT2D eigenvalue weighted by atomic mass is 35.5. The molecule has 4 rings (SSSR count). The van der Waals surface area contributed by atoms with Crippen LogP contribution in [0.15, 0.2) is 48.5 Å². The third kappa shape index (κ3) is 4.03. The van der Waals surface area contributed by atoms with E-state index in [-0.39, 0.29) is 40.0 Å². The number of aromatic nitrogens is 1. The van der Waals surface area contributed by atoms with E-state index < -0.39 is 11.8 Å². The molecular weight excluding hydrogens is 448 g/mol. The first kappa shape index (κ1) is 22.4. The Morgan fingerprint density at radius 1 is 1.24 bits per heavy atom. The molecule has 9 heteroatoms. The molecule has 0 atom stereocenters. The highest BCUT2D eigenvalue weighted by Gasteiger charge is 2.37. The summed E-state index contributed by atoms with van der Waals surface area (Å²) in [6.45, 7) is 0.726. The summed E-state index contributed by atoms with van der Waals surface area (Å²) in [5.41, 5.74) is 2.22. The molecule has 1 aliphatic rings. The number of carbonyl (C=O) groups excluding carboxylic acids is 1. The van der Waals surface area contributed by atoms with E-state index in [9.17, 15) is 18.8 Å². The molecule has 166 valence electrons. The van der Waals surface area contributed by atoms with Crippen molar-refractivity contribution in [1.82, 2.24) is 10.3 Å². The Hall–Kier alpha value is -3.83. The zero-order chi connectivity index (χ0) is 23.9. The van der Waals surface area contributed by atoms with Gasteiger partial charge in [-0.05, 0) is 53.1 Å². The van der Waals surface area contributed by atoms with Gasteiger partial charge < -0.3 is 5.32 Å². The van der Waals surface area contributed by atoms with Gasteiger partial charge in [0, 0.05) is 30.7 Å². The molecule has 0 saturated carbocycles. The van der Waals surface area contributed by atoms with Gasteiger partial charge in [0.15, 0.2) is 0 Å². The highest BCUT2D eigenvalue weighted by Crippen LogP contribution is 2.38. The first-order chi connectivity index (χ1) is 15.6. The zero-order valence-electron chi connectivity index (χ0n) is 17.7. The predicted octanol–water partition coefficient (Wildman–Crippen LogP) is 5.09. The van der Waals surface area contributed by atoms with Gasteiger partial charge in [0.2, 0.25) is 0 Å². The van der Waals surface area contributed by atoms with E-state index in [4.69, 9.17) is 17.0 Å². The fourth-order valence-electron chi connectivity index (χ4n) is 3.91. The number of alkyl halides is 2. The van der Waals surface area contributed by atoms with E-state index in [0.29, 0.717) is 22.3 Å². The number of benzene rings is 2. The van der Waals surface area contributed by atoms with Gasteiger partial charge in [-0.2, -0.15) is 5.26 Å². The van der Waals surface area contributed by atoms with Crippen LogP contribution in [0, 0.1) is 16.7 Å². The number of amides is 1. The molecule has 0 spiro atoms. The second-order valence-electron chi connectivity index (χ2n) is 7.65. The molecule has 33 heavy (non-hydrogen) atoms. The van der Waals surface area contributed by atoms with E-state index >= 15 is 0 Å². The van der Waals surface area contributed by atoms with Crippen LogP contribution in [0.4, 0.5) is 14.6 Å². The van der Waals surface area contributed by atoms with Crippen molar-refractivity contribution in [2.24, 2.45) is 0 Å². The Balaban J connectivity index is 1.83. The summed E-state index contributed by atoms with van der Waals surface area (Å²) in [4.78, 5) is 18.6. The molecule has 3 aromatic rings. The lowest BCUT2D eigenvalue weighted by atomic mass is 9.97. The lowest BCUT2D eigenvalue weighted by molar-refractivity contribution is 0.0166. The number of carbonyl (C=O) groups is 1. The maximum absolute atomic E-state index is 14.1. The standard InChI is InChI=1S/C24H18ClF2N5O/c1-24(26,27)19-5-3-4-16-18(19)12-32(23(16)33)21-10-14(9-20(25)31-21)17-8-13(11-28)6-7-15(17)22(29)30-2/h3-10H,12H2,1-2H3,(H2,29,30). The smallest absolute Gasteiger partial charge is 0.270 e. The van der Waals surface area contributed by atoms with Crippen LogP contribution >= 0.6 is 11.6 Å². The zero-order valence-corrected chi connectivity index (χ0v) is 18.5. The average Bonchev–Trinajstić information content (AvgIpc) is 3.13. The summed E-state index contributed by atoms with van der Waals surface area (Å²) in [5, 5.41) is 20.4. The van der Waals surface area contributed by atoms with Crippen LogP contribution in [0.5, 0.6) is 0 Å². The third-order valence-corrected chi connectivity index (χ3v) is 5.67. The molecule has 0 bridgehead atoms. The van der Waals surface area contributed by atoms with Crippen molar-refractivity contribution >= 4 is 29.2 Å². The van der Waals surface area contributed by atoms with E-state index in [1.165, 1.54) is 23.1 Å². The first-order valence-electron chi connectivity index (χ1n) is 9.95. The number of fused-ring (bicyclic) bond motifs is 1. The molecule has 0 radical (unpaired) electrons. The molecule has 0 fully saturated rings. The molecule has 1 aliphatic heterocycles. The van der Waals surface area contributed by atoms with Gasteiger partial charge in [-0.15, -0.1) is 0 Å². The highest BCUT2D eigenvalue weighted by molar-refractivity contribution is 6.30. The summed E-state index contributed by atoms with van der Waals surface area (Å²) in [6.07, 6.45) is 0. The van der Waals surface area contributed by atoms with Crippen molar-refractivity contribution in [1.29, 1.82) is 10.7 Å². The lowest BCUT2D eigenvalue weighted by Crippen LogP contribution is -2.24. The Morgan fingerprint density at radius 3 is 2.67 bits per heavy atom. The van der Waals surface area contributed by atoms with Gasteiger partial charge in [-0.1, -0.05) is 23.7 Å². The molecule has 0 unspecified atom stereocenters. The van der Waals surface area contributed by atoms with Crippen LogP contribution in [-0.2, 0) is 12.5 Å². The summed E-state index contributed by atoms with van der Waals surface area (Å²) in [7, 11) is 1.61. The van der Waals surface area contributed by atoms with Crippen molar-refractivity contribution < 1.29 is 13.6 Å². The number of nitriles is 1. The van der Waals surface area contributed by atoms with Crippen LogP contribution in [0.1, 0.15) is 39.5 Å². The topological polar surface area (TPSA) is 92.9 Å². The number of anilines is 1. The van der Waals surface area contributed by atoms with Crippen LogP contribution in [0.3, 0.4) is 0 Å². The third-order valence-electron chi connectivity index (χ3n) is 5.48. The number of halogens is 3. The molecule has 0 aliphatic carbocycles. The summed E-state index contributed by atoms with van der Waals surface area (Å²) in [6, 6.07) is 14.4. The van der Waals surface area contributed by atoms with Crippen molar-refractivity contribution in [3.8, 4) is 17.2 Å². The Kier molecular flexibility index (Phi) is 5.60. The monoisotopic (exact) mass is 465 g/mol. The minimum atomic E-state index is -3.10. The van der Waals surface area contributed by atoms with E-state index in [0.717, 1.165) is 6.92 Å². The minimum Gasteiger partial charge on any atom is -0.373 e. The van der Waals surface area contributed by atoms with Gasteiger partial charge in [-0.3, -0.25) is 15.1 Å². The van der Waals surface area contributed by atoms with Crippen molar-refractivity contribution in [2.75, 3.05) is 11.9 Å². The molecule has 0 saturated heterocycles. The molecule has 2 aromatic carbocycles. The number of amidine groups is 1. The first-order valence-corrected chi connectivity index (χ1v) is 10.3. The fraction of sp³-hybridized carbons (Fsp3) is 0.167. The van der Waals surface area contributed by atoms with Gasteiger partial charge in [-0.25, -0.2) is 13.8 Å². The van der Waals surface area contributed by atoms with Crippen LogP contribution in [0.2, 0.25) is 5.15 Å². The second-order valence-corrected chi connectivity index (χ2v) is 8.03. The largest absolute Gasteiger partial charge is 0.373 e. The molecular formula is C24H18ClF2N5O. The molecule has 6 nitrogen and oxygen atoms in total. The van der Waals surface area contributed by atoms with Gasteiger partial charge in [0.1, 0.15) is 16.8 Å². The number of hydrogen-bond donors (Lipinski definition) is 2. The summed E-state index contributed by atoms with van der Waals surface area (Å²) < 4.78 is 28.2. The summed E-state index contributed by atoms with van der Waals surface area (Å²) >= 11 is 6.28. The van der Waals surface area contributed by atoms with Crippen molar-refractivity contribution in [3.63, 3.8) is 0 Å². The van der Waals surface area contributed by atoms with Gasteiger partial charge >= 0.3 is 0 Å². The summed E-state index contributed by atoms with van der Waals surface area (Å²) in [5.74, 6) is -3.24. The molecule has 2 N–H and O–H groups in total. The Bertz CT molecular complexity index is 1340. The van der Waals surface area contributed by atoms with Crippen molar-refractivity contribution in [2.45, 2.75) is 19.4 Å². The van der Waals surface area contributed by atoms with Crippen LogP contribution in [-0.4, -0.2) is 23.8 Å². The number of hydrogen-bond acceptors (Lipinski definition) is 4. The van der Waals surface area contributed by atoms with E-state index in [1.807, 2.05) is 0 Å². The van der Waals surface area contributed by atoms with Gasteiger partial charge in [0.25, 0.3) is 11.8 Å². The number of nitrogens with zero attached hydrogens (tertiary/aromatic N) is 3. The second kappa shape index (κ2) is 8.26. The maximum atomic E-state index is 14.1. The van der Waals surface area contributed by atoms with Gasteiger partial charge in [0.05, 0.1) is 18.2 Å². The minimum absolute atomic E-state index is 0.0714. The van der Waals surface area contributed by atoms with E-state index in [2.05, 4.69) is 16.4 Å². The fourth-order valence-corrected chi connectivity index (χ4v) is 4.12. The maximum Gasteiger partial charge on any atom is 0.270 e. The molecule has 1 aromatic heterocycles. The predicted molar refractivity (Wildman–Crippen MR) is 122 cm³/mol. The number of nitrogens with one attached hydrogen (secondary N) is 2. The lowest BCUT2D eigenvalue weighted by Gasteiger charge is -2.18. The molecule has 2 heterocycles. The Morgan fingerprint density at radius 2 is 2.00 bits per heavy atom. The Labute approximate surface area is 193 Å². The van der Waals surface area contributed by atoms with Crippen LogP contribution in [0.25, 0.3) is 11.1 Å². The average molecular weight is 466 g/mol. The SMILES string of the molecule is CNC(=N)c1ccc(C#N)cc1-c1cc(Cl)nc(N2Cc3c(cccc3C(C)(F)F)C2=O)c1. The quantitative estimate of drug-likeness (QED) is 0.319. The van der Waals surface area contributed by atoms with Crippen molar-refractivity contribution in [3.05, 3.63) is 81.5 Å². The number of rotatable bonds is 4. The van der Waals surface area contributed by atoms with E-state index in [1.54, 1.807) is 37.4 Å². The van der Waals surface area contributed by atoms with Crippen LogP contribution < -0.4 is 10.2 Å².